The van der Waals surface area contributed by atoms with E-state index in [2.05, 4.69) is 9.97 Å². The number of rotatable bonds is 4. The van der Waals surface area contributed by atoms with Crippen LogP contribution in [-0.4, -0.2) is 34.1 Å². The summed E-state index contributed by atoms with van der Waals surface area (Å²) in [6.07, 6.45) is 4.10. The van der Waals surface area contributed by atoms with Crippen molar-refractivity contribution in [2.24, 2.45) is 5.92 Å². The lowest BCUT2D eigenvalue weighted by atomic mass is 10.0. The highest BCUT2D eigenvalue weighted by Crippen LogP contribution is 2.32. The number of hydrogen-bond donors (Lipinski definition) is 1. The normalized spacial score (nSPS) is 15.0. The molecular weight excluding hydrogens is 294 g/mol. The van der Waals surface area contributed by atoms with Crippen LogP contribution in [0.2, 0.25) is 5.02 Å². The van der Waals surface area contributed by atoms with Gasteiger partial charge >= 0.3 is 5.97 Å². The summed E-state index contributed by atoms with van der Waals surface area (Å²) in [5.41, 5.74) is 0.707. The van der Waals surface area contributed by atoms with Gasteiger partial charge in [-0.15, -0.1) is 0 Å². The van der Waals surface area contributed by atoms with E-state index in [9.17, 15) is 4.79 Å². The molecule has 0 spiro atoms. The Hall–Kier alpha value is -2.08. The number of carboxylic acids is 1. The third-order valence-electron chi connectivity index (χ3n) is 3.50. The first kappa shape index (κ1) is 13.9. The Labute approximate surface area is 126 Å². The molecule has 0 aliphatic carbocycles. The van der Waals surface area contributed by atoms with Gasteiger partial charge in [0.05, 0.1) is 22.7 Å². The van der Waals surface area contributed by atoms with Gasteiger partial charge in [0.25, 0.3) is 0 Å². The molecule has 0 bridgehead atoms. The molecule has 7 heteroatoms. The topological polar surface area (TPSA) is 79.5 Å². The second kappa shape index (κ2) is 5.37. The number of aryl methyl sites for hydroxylation is 1. The Balaban J connectivity index is 1.79. The molecule has 0 saturated carbocycles. The lowest BCUT2D eigenvalue weighted by Crippen LogP contribution is -2.50. The largest absolute Gasteiger partial charge is 0.481 e. The monoisotopic (exact) mass is 307 g/mol. The molecule has 1 fully saturated rings. The number of hydrogen-bond acceptors (Lipinski definition) is 5. The molecule has 1 aliphatic heterocycles. The van der Waals surface area contributed by atoms with Gasteiger partial charge in [-0.1, -0.05) is 18.5 Å². The summed E-state index contributed by atoms with van der Waals surface area (Å²) in [6.45, 7) is 2.85. The lowest BCUT2D eigenvalue weighted by Gasteiger charge is -2.37. The molecule has 3 heterocycles. The van der Waals surface area contributed by atoms with Gasteiger partial charge in [0.15, 0.2) is 0 Å². The number of aliphatic carboxylic acids is 1. The molecule has 1 saturated heterocycles. The first-order chi connectivity index (χ1) is 10.1. The fourth-order valence-electron chi connectivity index (χ4n) is 2.19. The molecule has 0 aromatic carbocycles. The minimum absolute atomic E-state index is 0.346. The van der Waals surface area contributed by atoms with Gasteiger partial charge < -0.3 is 14.4 Å². The summed E-state index contributed by atoms with van der Waals surface area (Å²) in [7, 11) is 0. The second-order valence-electron chi connectivity index (χ2n) is 4.95. The molecule has 1 aliphatic rings. The summed E-state index contributed by atoms with van der Waals surface area (Å²) in [6, 6.07) is 1.74. The quantitative estimate of drug-likeness (QED) is 0.934. The summed E-state index contributed by atoms with van der Waals surface area (Å²) in [4.78, 5) is 21.1. The molecule has 0 atom stereocenters. The highest BCUT2D eigenvalue weighted by atomic mass is 35.5. The Morgan fingerprint density at radius 3 is 2.81 bits per heavy atom. The van der Waals surface area contributed by atoms with Crippen LogP contribution in [0.1, 0.15) is 12.7 Å². The van der Waals surface area contributed by atoms with E-state index in [0.717, 1.165) is 12.2 Å². The standard InChI is InChI=1S/C14H14ClN3O3/c1-2-10-5-17-13(21-10)8-3-11(15)12(16-4-8)18-6-9(7-18)14(19)20/h3-5,9H,2,6-7H2,1H3,(H,19,20). The predicted molar refractivity (Wildman–Crippen MR) is 77.5 cm³/mol. The van der Waals surface area contributed by atoms with Crippen LogP contribution < -0.4 is 4.90 Å². The third kappa shape index (κ3) is 2.58. The van der Waals surface area contributed by atoms with E-state index in [1.807, 2.05) is 11.8 Å². The van der Waals surface area contributed by atoms with Crippen molar-refractivity contribution in [1.29, 1.82) is 0 Å². The summed E-state index contributed by atoms with van der Waals surface area (Å²) in [5.74, 6) is 0.754. The average molecular weight is 308 g/mol. The van der Waals surface area contributed by atoms with E-state index in [4.69, 9.17) is 21.1 Å². The highest BCUT2D eigenvalue weighted by molar-refractivity contribution is 6.33. The fourth-order valence-corrected chi connectivity index (χ4v) is 2.48. The number of halogens is 1. The first-order valence-corrected chi connectivity index (χ1v) is 7.04. The number of carbonyl (C=O) groups is 1. The Bertz CT molecular complexity index is 680. The number of carboxylic acid groups (broad SMARTS) is 1. The van der Waals surface area contributed by atoms with E-state index >= 15 is 0 Å². The minimum atomic E-state index is -0.786. The molecule has 2 aromatic heterocycles. The molecule has 0 radical (unpaired) electrons. The molecule has 2 aromatic rings. The SMILES string of the molecule is CCc1cnc(-c2cnc(N3CC(C(=O)O)C3)c(Cl)c2)o1. The van der Waals surface area contributed by atoms with Crippen LogP contribution in [0.5, 0.6) is 0 Å². The molecule has 21 heavy (non-hydrogen) atoms. The van der Waals surface area contributed by atoms with Crippen molar-refractivity contribution < 1.29 is 14.3 Å². The van der Waals surface area contributed by atoms with Crippen molar-refractivity contribution in [1.82, 2.24) is 9.97 Å². The predicted octanol–water partition coefficient (Wildman–Crippen LogP) is 2.47. The van der Waals surface area contributed by atoms with Crippen LogP contribution in [0, 0.1) is 5.92 Å². The van der Waals surface area contributed by atoms with E-state index < -0.39 is 5.97 Å². The molecule has 110 valence electrons. The van der Waals surface area contributed by atoms with Crippen LogP contribution >= 0.6 is 11.6 Å². The maximum atomic E-state index is 10.8. The van der Waals surface area contributed by atoms with Crippen molar-refractivity contribution >= 4 is 23.4 Å². The highest BCUT2D eigenvalue weighted by Gasteiger charge is 2.34. The maximum absolute atomic E-state index is 10.8. The Kier molecular flexibility index (Phi) is 3.55. The van der Waals surface area contributed by atoms with Gasteiger partial charge in [0.1, 0.15) is 11.6 Å². The van der Waals surface area contributed by atoms with Crippen molar-refractivity contribution in [2.75, 3.05) is 18.0 Å². The van der Waals surface area contributed by atoms with E-state index in [0.29, 0.717) is 35.4 Å². The zero-order valence-electron chi connectivity index (χ0n) is 11.4. The zero-order chi connectivity index (χ0) is 15.0. The van der Waals surface area contributed by atoms with Crippen molar-refractivity contribution in [3.8, 4) is 11.5 Å². The molecule has 1 N–H and O–H groups in total. The average Bonchev–Trinajstić information content (AvgIpc) is 2.87. The third-order valence-corrected chi connectivity index (χ3v) is 3.78. The number of oxazole rings is 1. The van der Waals surface area contributed by atoms with Gasteiger partial charge in [0, 0.05) is 25.7 Å². The number of pyridine rings is 1. The first-order valence-electron chi connectivity index (χ1n) is 6.67. The van der Waals surface area contributed by atoms with Crippen LogP contribution in [0.3, 0.4) is 0 Å². The van der Waals surface area contributed by atoms with E-state index in [-0.39, 0.29) is 5.92 Å². The number of aromatic nitrogens is 2. The molecular formula is C14H14ClN3O3. The molecule has 3 rings (SSSR count). The number of anilines is 1. The van der Waals surface area contributed by atoms with Crippen molar-refractivity contribution in [3.63, 3.8) is 0 Å². The fraction of sp³-hybridized carbons (Fsp3) is 0.357. The van der Waals surface area contributed by atoms with Gasteiger partial charge in [-0.25, -0.2) is 9.97 Å². The minimum Gasteiger partial charge on any atom is -0.481 e. The Morgan fingerprint density at radius 1 is 1.48 bits per heavy atom. The van der Waals surface area contributed by atoms with Crippen LogP contribution in [0.4, 0.5) is 5.82 Å². The zero-order valence-corrected chi connectivity index (χ0v) is 12.2. The van der Waals surface area contributed by atoms with Gasteiger partial charge in [-0.2, -0.15) is 0 Å². The number of nitrogens with zero attached hydrogens (tertiary/aromatic N) is 3. The van der Waals surface area contributed by atoms with Crippen molar-refractivity contribution in [2.45, 2.75) is 13.3 Å². The second-order valence-corrected chi connectivity index (χ2v) is 5.36. The molecule has 0 amide bonds. The Morgan fingerprint density at radius 2 is 2.24 bits per heavy atom. The van der Waals surface area contributed by atoms with Gasteiger partial charge in [0.2, 0.25) is 5.89 Å². The summed E-state index contributed by atoms with van der Waals surface area (Å²) >= 11 is 6.23. The van der Waals surface area contributed by atoms with Crippen LogP contribution in [-0.2, 0) is 11.2 Å². The van der Waals surface area contributed by atoms with E-state index in [1.54, 1.807) is 18.5 Å². The molecule has 0 unspecified atom stereocenters. The van der Waals surface area contributed by atoms with Gasteiger partial charge in [-0.05, 0) is 6.07 Å². The molecule has 6 nitrogen and oxygen atoms in total. The van der Waals surface area contributed by atoms with E-state index in [1.165, 1.54) is 0 Å². The summed E-state index contributed by atoms with van der Waals surface area (Å²) in [5, 5.41) is 9.35. The lowest BCUT2D eigenvalue weighted by molar-refractivity contribution is -0.142. The van der Waals surface area contributed by atoms with Crippen LogP contribution in [0.25, 0.3) is 11.5 Å². The maximum Gasteiger partial charge on any atom is 0.310 e. The van der Waals surface area contributed by atoms with Gasteiger partial charge in [-0.3, -0.25) is 4.79 Å². The van der Waals surface area contributed by atoms with Crippen molar-refractivity contribution in [3.05, 3.63) is 29.2 Å². The summed E-state index contributed by atoms with van der Waals surface area (Å²) < 4.78 is 5.56. The smallest absolute Gasteiger partial charge is 0.310 e. The van der Waals surface area contributed by atoms with Crippen LogP contribution in [0.15, 0.2) is 22.9 Å².